The molecule has 5 nitrogen and oxygen atoms in total. The standard InChI is InChI=1S/C20H25Cl2N3O2/c1-23-5-2-4-19(23)15-25(7-3-6-24-8-10-27-11-9-24)20(26)16-12-17(21)14-18(22)13-16/h2,4-5,12-14H,3,6-11,15H2,1H3/p+1. The van der Waals surface area contributed by atoms with E-state index in [1.807, 2.05) is 34.8 Å². The number of nitrogens with zero attached hydrogens (tertiary/aromatic N) is 2. The molecule has 1 N–H and O–H groups in total. The fourth-order valence-electron chi connectivity index (χ4n) is 3.40. The summed E-state index contributed by atoms with van der Waals surface area (Å²) in [6.07, 6.45) is 2.94. The molecule has 0 saturated carbocycles. The molecule has 0 bridgehead atoms. The molecule has 0 atom stereocenters. The summed E-state index contributed by atoms with van der Waals surface area (Å²) in [5.74, 6) is -0.0439. The van der Waals surface area contributed by atoms with Crippen molar-refractivity contribution < 1.29 is 14.4 Å². The number of benzene rings is 1. The van der Waals surface area contributed by atoms with E-state index in [1.165, 1.54) is 0 Å². The van der Waals surface area contributed by atoms with Gasteiger partial charge in [0.05, 0.1) is 26.3 Å². The highest BCUT2D eigenvalue weighted by atomic mass is 35.5. The summed E-state index contributed by atoms with van der Waals surface area (Å²) in [4.78, 5) is 16.6. The predicted octanol–water partition coefficient (Wildman–Crippen LogP) is 2.28. The number of aromatic nitrogens is 1. The summed E-state index contributed by atoms with van der Waals surface area (Å²) in [6, 6.07) is 9.04. The van der Waals surface area contributed by atoms with Gasteiger partial charge in [0.2, 0.25) is 0 Å². The fourth-order valence-corrected chi connectivity index (χ4v) is 3.92. The van der Waals surface area contributed by atoms with Gasteiger partial charge in [0.15, 0.2) is 0 Å². The van der Waals surface area contributed by atoms with Crippen LogP contribution in [0.15, 0.2) is 36.5 Å². The summed E-state index contributed by atoms with van der Waals surface area (Å²) in [7, 11) is 1.99. The molecule has 146 valence electrons. The maximum atomic E-state index is 13.1. The van der Waals surface area contributed by atoms with Gasteiger partial charge in [0.25, 0.3) is 5.91 Å². The number of morpholine rings is 1. The minimum Gasteiger partial charge on any atom is -0.370 e. The molecule has 2 aromatic rings. The quantitative estimate of drug-likeness (QED) is 0.760. The summed E-state index contributed by atoms with van der Waals surface area (Å²) in [6.45, 7) is 6.01. The SMILES string of the molecule is Cn1cccc1CN(CCC[NH+]1CCOCC1)C(=O)c1cc(Cl)cc(Cl)c1. The lowest BCUT2D eigenvalue weighted by Crippen LogP contribution is -3.14. The molecule has 1 aliphatic rings. The summed E-state index contributed by atoms with van der Waals surface area (Å²) in [5, 5.41) is 0.949. The molecule has 1 saturated heterocycles. The Labute approximate surface area is 170 Å². The number of carbonyl (C=O) groups is 1. The number of nitrogens with one attached hydrogen (secondary N) is 1. The lowest BCUT2D eigenvalue weighted by Gasteiger charge is -2.26. The summed E-state index contributed by atoms with van der Waals surface area (Å²) in [5.41, 5.74) is 1.62. The Kier molecular flexibility index (Phi) is 7.19. The second-order valence-corrected chi connectivity index (χ2v) is 7.83. The average molecular weight is 411 g/mol. The normalized spacial score (nSPS) is 15.1. The number of ether oxygens (including phenoxy) is 1. The average Bonchev–Trinajstić information content (AvgIpc) is 3.05. The maximum Gasteiger partial charge on any atom is 0.254 e. The molecule has 1 fully saturated rings. The van der Waals surface area contributed by atoms with Crippen LogP contribution in [0.1, 0.15) is 22.5 Å². The monoisotopic (exact) mass is 410 g/mol. The second kappa shape index (κ2) is 9.60. The zero-order valence-corrected chi connectivity index (χ0v) is 17.1. The molecule has 0 unspecified atom stereocenters. The van der Waals surface area contributed by atoms with Crippen molar-refractivity contribution in [1.82, 2.24) is 9.47 Å². The zero-order valence-electron chi connectivity index (χ0n) is 15.6. The Bertz CT molecular complexity index is 752. The molecule has 7 heteroatoms. The van der Waals surface area contributed by atoms with Crippen LogP contribution in [0.5, 0.6) is 0 Å². The van der Waals surface area contributed by atoms with Crippen molar-refractivity contribution >= 4 is 29.1 Å². The van der Waals surface area contributed by atoms with E-state index in [4.69, 9.17) is 27.9 Å². The molecule has 0 radical (unpaired) electrons. The lowest BCUT2D eigenvalue weighted by atomic mass is 10.2. The number of hydrogen-bond donors (Lipinski definition) is 1. The molecule has 1 aromatic heterocycles. The van der Waals surface area contributed by atoms with Gasteiger partial charge in [0, 0.05) is 47.5 Å². The first-order valence-electron chi connectivity index (χ1n) is 9.30. The number of aryl methyl sites for hydroxylation is 1. The molecule has 2 heterocycles. The van der Waals surface area contributed by atoms with E-state index in [0.717, 1.165) is 45.0 Å². The smallest absolute Gasteiger partial charge is 0.254 e. The fraction of sp³-hybridized carbons (Fsp3) is 0.450. The number of rotatable bonds is 7. The van der Waals surface area contributed by atoms with Crippen LogP contribution in [0.3, 0.4) is 0 Å². The molecular formula is C20H26Cl2N3O2+. The molecule has 0 aliphatic carbocycles. The van der Waals surface area contributed by atoms with Gasteiger partial charge in [-0.25, -0.2) is 0 Å². The Hall–Kier alpha value is -1.53. The van der Waals surface area contributed by atoms with Gasteiger partial charge in [-0.15, -0.1) is 0 Å². The molecule has 3 rings (SSSR count). The van der Waals surface area contributed by atoms with Crippen molar-refractivity contribution in [2.75, 3.05) is 39.4 Å². The molecule has 27 heavy (non-hydrogen) atoms. The maximum absolute atomic E-state index is 13.1. The highest BCUT2D eigenvalue weighted by molar-refractivity contribution is 6.35. The van der Waals surface area contributed by atoms with E-state index in [2.05, 4.69) is 0 Å². The first-order chi connectivity index (χ1) is 13.0. The Morgan fingerprint density at radius 1 is 1.22 bits per heavy atom. The zero-order chi connectivity index (χ0) is 19.2. The number of halogens is 2. The Balaban J connectivity index is 1.70. The van der Waals surface area contributed by atoms with Gasteiger partial charge >= 0.3 is 0 Å². The van der Waals surface area contributed by atoms with Gasteiger partial charge in [-0.2, -0.15) is 0 Å². The van der Waals surface area contributed by atoms with Crippen LogP contribution in [-0.4, -0.2) is 54.8 Å². The van der Waals surface area contributed by atoms with Crippen molar-refractivity contribution in [1.29, 1.82) is 0 Å². The number of quaternary nitrogens is 1. The van der Waals surface area contributed by atoms with Gasteiger partial charge in [-0.3, -0.25) is 4.79 Å². The van der Waals surface area contributed by atoms with Crippen LogP contribution in [0.25, 0.3) is 0 Å². The second-order valence-electron chi connectivity index (χ2n) is 6.96. The first kappa shape index (κ1) is 20.2. The highest BCUT2D eigenvalue weighted by Crippen LogP contribution is 2.21. The lowest BCUT2D eigenvalue weighted by molar-refractivity contribution is -0.908. The van der Waals surface area contributed by atoms with Crippen LogP contribution in [-0.2, 0) is 18.3 Å². The molecule has 0 spiro atoms. The summed E-state index contributed by atoms with van der Waals surface area (Å²) < 4.78 is 7.46. The van der Waals surface area contributed by atoms with E-state index in [-0.39, 0.29) is 5.91 Å². The van der Waals surface area contributed by atoms with Crippen molar-refractivity contribution in [2.45, 2.75) is 13.0 Å². The number of hydrogen-bond acceptors (Lipinski definition) is 2. The highest BCUT2D eigenvalue weighted by Gasteiger charge is 2.20. The molecule has 1 aliphatic heterocycles. The third-order valence-corrected chi connectivity index (χ3v) is 5.40. The van der Waals surface area contributed by atoms with E-state index >= 15 is 0 Å². The largest absolute Gasteiger partial charge is 0.370 e. The van der Waals surface area contributed by atoms with Crippen molar-refractivity contribution in [2.24, 2.45) is 7.05 Å². The number of amides is 1. The number of carbonyl (C=O) groups excluding carboxylic acids is 1. The van der Waals surface area contributed by atoms with E-state index < -0.39 is 0 Å². The van der Waals surface area contributed by atoms with Gasteiger partial charge in [-0.1, -0.05) is 23.2 Å². The van der Waals surface area contributed by atoms with Crippen LogP contribution < -0.4 is 4.90 Å². The van der Waals surface area contributed by atoms with Crippen LogP contribution in [0.2, 0.25) is 10.0 Å². The van der Waals surface area contributed by atoms with Crippen molar-refractivity contribution in [3.05, 3.63) is 57.8 Å². The molecule has 1 aromatic carbocycles. The molecular weight excluding hydrogens is 385 g/mol. The predicted molar refractivity (Wildman–Crippen MR) is 108 cm³/mol. The topological polar surface area (TPSA) is 38.9 Å². The van der Waals surface area contributed by atoms with Gasteiger partial charge < -0.3 is 19.1 Å². The van der Waals surface area contributed by atoms with Gasteiger partial charge in [-0.05, 0) is 30.3 Å². The third kappa shape index (κ3) is 5.72. The molecule has 1 amide bonds. The van der Waals surface area contributed by atoms with Crippen LogP contribution in [0.4, 0.5) is 0 Å². The first-order valence-corrected chi connectivity index (χ1v) is 10.1. The van der Waals surface area contributed by atoms with Crippen LogP contribution in [0, 0.1) is 0 Å². The van der Waals surface area contributed by atoms with E-state index in [9.17, 15) is 4.79 Å². The van der Waals surface area contributed by atoms with Crippen molar-refractivity contribution in [3.8, 4) is 0 Å². The Morgan fingerprint density at radius 3 is 2.56 bits per heavy atom. The summed E-state index contributed by atoms with van der Waals surface area (Å²) >= 11 is 12.2. The van der Waals surface area contributed by atoms with Crippen molar-refractivity contribution in [3.63, 3.8) is 0 Å². The third-order valence-electron chi connectivity index (χ3n) is 4.96. The minimum absolute atomic E-state index is 0.0439. The van der Waals surface area contributed by atoms with E-state index in [0.29, 0.717) is 28.7 Å². The van der Waals surface area contributed by atoms with Crippen LogP contribution >= 0.6 is 23.2 Å². The van der Waals surface area contributed by atoms with E-state index in [1.54, 1.807) is 23.1 Å². The van der Waals surface area contributed by atoms with Gasteiger partial charge in [0.1, 0.15) is 13.1 Å². The Morgan fingerprint density at radius 2 is 1.93 bits per heavy atom. The minimum atomic E-state index is -0.0439.